The summed E-state index contributed by atoms with van der Waals surface area (Å²) in [5.74, 6) is -0.595. The average molecular weight is 466 g/mol. The molecule has 2 aliphatic rings. The molecule has 2 N–H and O–H groups in total. The predicted molar refractivity (Wildman–Crippen MR) is 123 cm³/mol. The van der Waals surface area contributed by atoms with Crippen molar-refractivity contribution in [3.05, 3.63) is 79.9 Å². The minimum Gasteiger partial charge on any atom is -0.347 e. The van der Waals surface area contributed by atoms with Gasteiger partial charge in [-0.05, 0) is 53.9 Å². The highest BCUT2D eigenvalue weighted by atomic mass is 16.6. The zero-order valence-electron chi connectivity index (χ0n) is 19.1. The summed E-state index contributed by atoms with van der Waals surface area (Å²) >= 11 is 0. The van der Waals surface area contributed by atoms with Crippen LogP contribution in [0.5, 0.6) is 0 Å². The molecular weight excluding hydrogens is 440 g/mol. The molecule has 2 aromatic rings. The van der Waals surface area contributed by atoms with Crippen molar-refractivity contribution in [3.63, 3.8) is 0 Å². The highest BCUT2D eigenvalue weighted by molar-refractivity contribution is 5.96. The summed E-state index contributed by atoms with van der Waals surface area (Å²) in [4.78, 5) is 46.8. The van der Waals surface area contributed by atoms with Gasteiger partial charge in [0.2, 0.25) is 0 Å². The second-order valence-electron chi connectivity index (χ2n) is 9.84. The Morgan fingerprint density at radius 2 is 1.26 bits per heavy atom. The smallest absolute Gasteiger partial charge is 0.269 e. The number of amides is 2. The molecule has 10 nitrogen and oxygen atoms in total. The van der Waals surface area contributed by atoms with E-state index in [-0.39, 0.29) is 52.0 Å². The number of benzene rings is 2. The van der Waals surface area contributed by atoms with Gasteiger partial charge in [0.15, 0.2) is 0 Å². The Labute approximate surface area is 196 Å². The highest BCUT2D eigenvalue weighted by Gasteiger charge is 2.66. The molecule has 4 atom stereocenters. The SMILES string of the molecule is CC1(C)[C@H]2CC[C@@]1(C)[C@H](NC(=O)c1ccc([N+](=O)[O-])cc1)[C@H]2NC(=O)c1ccc([N+](=O)[O-])cc1. The van der Waals surface area contributed by atoms with E-state index in [2.05, 4.69) is 31.4 Å². The van der Waals surface area contributed by atoms with Gasteiger partial charge >= 0.3 is 0 Å². The predicted octanol–water partition coefficient (Wildman–Crippen LogP) is 3.86. The Morgan fingerprint density at radius 1 is 0.824 bits per heavy atom. The van der Waals surface area contributed by atoms with Crippen LogP contribution in [0.1, 0.15) is 54.3 Å². The Morgan fingerprint density at radius 3 is 1.71 bits per heavy atom. The minimum atomic E-state index is -0.523. The molecule has 34 heavy (non-hydrogen) atoms. The number of rotatable bonds is 6. The van der Waals surface area contributed by atoms with Gasteiger partial charge in [-0.15, -0.1) is 0 Å². The molecule has 2 amide bonds. The van der Waals surface area contributed by atoms with Gasteiger partial charge in [-0.3, -0.25) is 29.8 Å². The first-order valence-electron chi connectivity index (χ1n) is 11.1. The quantitative estimate of drug-likeness (QED) is 0.489. The van der Waals surface area contributed by atoms with E-state index in [0.717, 1.165) is 12.8 Å². The molecule has 178 valence electrons. The van der Waals surface area contributed by atoms with Gasteiger partial charge in [-0.2, -0.15) is 0 Å². The van der Waals surface area contributed by atoms with E-state index >= 15 is 0 Å². The number of nitro benzene ring substituents is 2. The lowest BCUT2D eigenvalue weighted by Crippen LogP contribution is -2.57. The molecule has 2 fully saturated rings. The van der Waals surface area contributed by atoms with Crippen molar-refractivity contribution in [1.82, 2.24) is 10.6 Å². The minimum absolute atomic E-state index is 0.0987. The molecule has 10 heteroatoms. The van der Waals surface area contributed by atoms with Crippen LogP contribution >= 0.6 is 0 Å². The molecule has 0 aromatic heterocycles. The lowest BCUT2D eigenvalue weighted by molar-refractivity contribution is -0.385. The fraction of sp³-hybridized carbons (Fsp3) is 0.417. The van der Waals surface area contributed by atoms with Crippen LogP contribution in [0.15, 0.2) is 48.5 Å². The van der Waals surface area contributed by atoms with E-state index in [1.807, 2.05) is 0 Å². The summed E-state index contributed by atoms with van der Waals surface area (Å²) in [6.07, 6.45) is 1.79. The van der Waals surface area contributed by atoms with E-state index in [1.54, 1.807) is 0 Å². The van der Waals surface area contributed by atoms with Crippen molar-refractivity contribution in [2.75, 3.05) is 0 Å². The number of hydrogen-bond donors (Lipinski definition) is 2. The molecule has 0 radical (unpaired) electrons. The number of carbonyl (C=O) groups is 2. The number of carbonyl (C=O) groups excluding carboxylic acids is 2. The Bertz CT molecular complexity index is 1160. The average Bonchev–Trinajstić information content (AvgIpc) is 3.12. The molecule has 2 bridgehead atoms. The number of nitro groups is 2. The summed E-state index contributed by atoms with van der Waals surface area (Å²) in [6, 6.07) is 10.1. The third-order valence-electron chi connectivity index (χ3n) is 8.12. The summed E-state index contributed by atoms with van der Waals surface area (Å²) in [7, 11) is 0. The van der Waals surface area contributed by atoms with Gasteiger partial charge in [0.1, 0.15) is 0 Å². The fourth-order valence-electron chi connectivity index (χ4n) is 5.74. The zero-order valence-corrected chi connectivity index (χ0v) is 19.1. The standard InChI is InChI=1S/C24H26N4O6/c1-23(2)18-12-13-24(23,3)20(26-22(30)15-6-10-17(11-7-15)28(33)34)19(18)25-21(29)14-4-8-16(9-5-14)27(31)32/h4-11,18-20H,12-13H2,1-3H3,(H,25,29)(H,26,30)/t18-,19-,20+,24-/m0/s1. The first kappa shape index (κ1) is 23.3. The monoisotopic (exact) mass is 466 g/mol. The number of fused-ring (bicyclic) bond motifs is 2. The molecule has 2 aliphatic carbocycles. The van der Waals surface area contributed by atoms with E-state index in [0.29, 0.717) is 11.1 Å². The lowest BCUT2D eigenvalue weighted by atomic mass is 9.69. The number of hydrogen-bond acceptors (Lipinski definition) is 6. The van der Waals surface area contributed by atoms with Crippen LogP contribution in [0.3, 0.4) is 0 Å². The number of non-ortho nitro benzene ring substituents is 2. The second kappa shape index (κ2) is 8.19. The van der Waals surface area contributed by atoms with Gasteiger partial charge in [0.25, 0.3) is 23.2 Å². The molecule has 0 heterocycles. The van der Waals surface area contributed by atoms with Crippen LogP contribution in [-0.2, 0) is 0 Å². The van der Waals surface area contributed by atoms with Crippen LogP contribution in [-0.4, -0.2) is 33.7 Å². The first-order chi connectivity index (χ1) is 16.0. The molecular formula is C24H26N4O6. The third kappa shape index (κ3) is 3.68. The zero-order chi connectivity index (χ0) is 24.8. The number of nitrogens with one attached hydrogen (secondary N) is 2. The molecule has 0 aliphatic heterocycles. The van der Waals surface area contributed by atoms with Gasteiger partial charge in [0, 0.05) is 35.4 Å². The van der Waals surface area contributed by atoms with Crippen LogP contribution in [0.2, 0.25) is 0 Å². The normalized spacial score (nSPS) is 26.6. The van der Waals surface area contributed by atoms with Crippen molar-refractivity contribution in [3.8, 4) is 0 Å². The summed E-state index contributed by atoms with van der Waals surface area (Å²) < 4.78 is 0. The van der Waals surface area contributed by atoms with E-state index in [9.17, 15) is 29.8 Å². The van der Waals surface area contributed by atoms with E-state index in [1.165, 1.54) is 48.5 Å². The fourth-order valence-corrected chi connectivity index (χ4v) is 5.74. The molecule has 0 unspecified atom stereocenters. The Hall–Kier alpha value is -3.82. The molecule has 0 saturated heterocycles. The van der Waals surface area contributed by atoms with Crippen molar-refractivity contribution in [2.45, 2.75) is 45.7 Å². The molecule has 0 spiro atoms. The lowest BCUT2D eigenvalue weighted by Gasteiger charge is -2.40. The van der Waals surface area contributed by atoms with E-state index < -0.39 is 9.85 Å². The first-order valence-corrected chi connectivity index (χ1v) is 11.1. The van der Waals surface area contributed by atoms with Gasteiger partial charge in [0.05, 0.1) is 21.9 Å². The van der Waals surface area contributed by atoms with E-state index in [4.69, 9.17) is 0 Å². The summed E-state index contributed by atoms with van der Waals surface area (Å²) in [5, 5.41) is 28.0. The molecule has 2 aromatic carbocycles. The topological polar surface area (TPSA) is 144 Å². The highest BCUT2D eigenvalue weighted by Crippen LogP contribution is 2.65. The number of nitrogens with zero attached hydrogens (tertiary/aromatic N) is 2. The molecule has 4 rings (SSSR count). The van der Waals surface area contributed by atoms with Gasteiger partial charge in [-0.1, -0.05) is 20.8 Å². The largest absolute Gasteiger partial charge is 0.347 e. The van der Waals surface area contributed by atoms with Crippen LogP contribution in [0.25, 0.3) is 0 Å². The Balaban J connectivity index is 1.57. The van der Waals surface area contributed by atoms with Crippen LogP contribution in [0.4, 0.5) is 11.4 Å². The van der Waals surface area contributed by atoms with Crippen molar-refractivity contribution in [1.29, 1.82) is 0 Å². The third-order valence-corrected chi connectivity index (χ3v) is 8.12. The molecule has 2 saturated carbocycles. The maximum atomic E-state index is 13.1. The van der Waals surface area contributed by atoms with Crippen LogP contribution < -0.4 is 10.6 Å². The summed E-state index contributed by atoms with van der Waals surface area (Å²) in [6.45, 7) is 6.41. The van der Waals surface area contributed by atoms with Crippen molar-refractivity contribution < 1.29 is 19.4 Å². The van der Waals surface area contributed by atoms with Crippen molar-refractivity contribution >= 4 is 23.2 Å². The van der Waals surface area contributed by atoms with Crippen molar-refractivity contribution in [2.24, 2.45) is 16.7 Å². The van der Waals surface area contributed by atoms with Crippen LogP contribution in [0, 0.1) is 37.0 Å². The van der Waals surface area contributed by atoms with Gasteiger partial charge in [-0.25, -0.2) is 0 Å². The Kier molecular flexibility index (Phi) is 5.63. The summed E-state index contributed by atoms with van der Waals surface area (Å²) in [5.41, 5.74) is -0.0294. The maximum Gasteiger partial charge on any atom is 0.269 e. The maximum absolute atomic E-state index is 13.1. The van der Waals surface area contributed by atoms with Gasteiger partial charge < -0.3 is 10.6 Å². The second-order valence-corrected chi connectivity index (χ2v) is 9.84.